The van der Waals surface area contributed by atoms with Crippen LogP contribution < -0.4 is 20.7 Å². The van der Waals surface area contributed by atoms with Crippen molar-refractivity contribution in [3.63, 3.8) is 0 Å². The van der Waals surface area contributed by atoms with Crippen LogP contribution in [0.15, 0.2) is 48.5 Å². The number of benzene rings is 2. The van der Waals surface area contributed by atoms with Crippen LogP contribution in [0.4, 0.5) is 16.2 Å². The van der Waals surface area contributed by atoms with E-state index in [9.17, 15) is 9.59 Å². The summed E-state index contributed by atoms with van der Waals surface area (Å²) in [7, 11) is 0. The van der Waals surface area contributed by atoms with Gasteiger partial charge in [-0.3, -0.25) is 4.79 Å². The van der Waals surface area contributed by atoms with Gasteiger partial charge in [0.2, 0.25) is 0 Å². The molecule has 0 aromatic heterocycles. The van der Waals surface area contributed by atoms with Crippen LogP contribution >= 0.6 is 11.6 Å². The number of hydrogen-bond acceptors (Lipinski definition) is 3. The maximum Gasteiger partial charge on any atom is 0.319 e. The van der Waals surface area contributed by atoms with E-state index in [0.29, 0.717) is 22.1 Å². The Bertz CT molecular complexity index is 734. The predicted octanol–water partition coefficient (Wildman–Crippen LogP) is 2.86. The molecule has 3 N–H and O–H groups in total. The van der Waals surface area contributed by atoms with Crippen molar-refractivity contribution in [2.45, 2.75) is 6.10 Å². The fraction of sp³-hybridized carbons (Fsp3) is 0.125. The molecule has 2 aromatic carbocycles. The first-order valence-electron chi connectivity index (χ1n) is 6.99. The summed E-state index contributed by atoms with van der Waals surface area (Å²) < 4.78 is 5.59. The maximum absolute atomic E-state index is 11.9. The Morgan fingerprint density at radius 2 is 1.91 bits per heavy atom. The molecule has 0 aliphatic carbocycles. The number of rotatable bonds is 3. The fourth-order valence-corrected chi connectivity index (χ4v) is 2.25. The van der Waals surface area contributed by atoms with E-state index < -0.39 is 12.1 Å². The number of hydrogen-bond donors (Lipinski definition) is 3. The number of nitrogens with one attached hydrogen (secondary N) is 3. The van der Waals surface area contributed by atoms with Gasteiger partial charge in [-0.1, -0.05) is 23.7 Å². The third-order valence-electron chi connectivity index (χ3n) is 3.26. The highest BCUT2D eigenvalue weighted by Gasteiger charge is 2.27. The first kappa shape index (κ1) is 15.2. The van der Waals surface area contributed by atoms with Gasteiger partial charge in [0.05, 0.1) is 12.2 Å². The van der Waals surface area contributed by atoms with Gasteiger partial charge < -0.3 is 20.7 Å². The topological polar surface area (TPSA) is 79.5 Å². The molecule has 3 rings (SSSR count). The minimum absolute atomic E-state index is 0.0551. The van der Waals surface area contributed by atoms with Crippen LogP contribution in [0, 0.1) is 0 Å². The van der Waals surface area contributed by atoms with Crippen LogP contribution in [0.3, 0.4) is 0 Å². The Hall–Kier alpha value is -2.73. The van der Waals surface area contributed by atoms with Gasteiger partial charge in [-0.05, 0) is 36.4 Å². The number of fused-ring (bicyclic) bond motifs is 1. The predicted molar refractivity (Wildman–Crippen MR) is 88.0 cm³/mol. The van der Waals surface area contributed by atoms with Crippen molar-refractivity contribution in [3.05, 3.63) is 53.6 Å². The van der Waals surface area contributed by atoms with Crippen molar-refractivity contribution in [3.8, 4) is 5.75 Å². The Balaban J connectivity index is 1.55. The molecule has 0 radical (unpaired) electrons. The second-order valence-electron chi connectivity index (χ2n) is 4.93. The highest BCUT2D eigenvalue weighted by atomic mass is 35.5. The van der Waals surface area contributed by atoms with Gasteiger partial charge in [-0.25, -0.2) is 4.79 Å². The van der Waals surface area contributed by atoms with Crippen molar-refractivity contribution in [1.82, 2.24) is 5.32 Å². The van der Waals surface area contributed by atoms with Crippen LogP contribution in [0.5, 0.6) is 5.75 Å². The lowest BCUT2D eigenvalue weighted by Gasteiger charge is -2.25. The molecular formula is C16H14ClN3O3. The van der Waals surface area contributed by atoms with Crippen LogP contribution in [-0.4, -0.2) is 24.6 Å². The third kappa shape index (κ3) is 3.73. The molecule has 1 heterocycles. The van der Waals surface area contributed by atoms with Gasteiger partial charge >= 0.3 is 6.03 Å². The first-order chi connectivity index (χ1) is 11.1. The van der Waals surface area contributed by atoms with Gasteiger partial charge in [0.25, 0.3) is 5.91 Å². The van der Waals surface area contributed by atoms with E-state index in [1.54, 1.807) is 42.5 Å². The molecule has 1 atom stereocenters. The van der Waals surface area contributed by atoms with Crippen molar-refractivity contribution in [2.75, 3.05) is 17.2 Å². The quantitative estimate of drug-likeness (QED) is 0.809. The van der Waals surface area contributed by atoms with Crippen LogP contribution in [0.2, 0.25) is 5.02 Å². The van der Waals surface area contributed by atoms with Gasteiger partial charge in [0.1, 0.15) is 5.75 Å². The van der Waals surface area contributed by atoms with Gasteiger partial charge in [-0.2, -0.15) is 0 Å². The monoisotopic (exact) mass is 331 g/mol. The standard InChI is InChI=1S/C16H14ClN3O3/c17-10-5-7-11(8-6-10)19-16(22)18-9-14-15(21)20-12-3-1-2-4-13(12)23-14/h1-8,14H,9H2,(H,20,21)(H2,18,19,22). The number of ether oxygens (including phenoxy) is 1. The summed E-state index contributed by atoms with van der Waals surface area (Å²) in [5.74, 6) is 0.285. The number of para-hydroxylation sites is 2. The Labute approximate surface area is 137 Å². The fourth-order valence-electron chi connectivity index (χ4n) is 2.12. The van der Waals surface area contributed by atoms with Crippen molar-refractivity contribution in [2.24, 2.45) is 0 Å². The molecule has 0 spiro atoms. The highest BCUT2D eigenvalue weighted by molar-refractivity contribution is 6.30. The molecule has 0 fully saturated rings. The van der Waals surface area contributed by atoms with Crippen molar-refractivity contribution in [1.29, 1.82) is 0 Å². The number of halogens is 1. The molecule has 0 saturated heterocycles. The Morgan fingerprint density at radius 3 is 2.70 bits per heavy atom. The lowest BCUT2D eigenvalue weighted by molar-refractivity contribution is -0.123. The number of carbonyl (C=O) groups is 2. The molecule has 1 aliphatic rings. The van der Waals surface area contributed by atoms with Crippen molar-refractivity contribution >= 4 is 34.9 Å². The van der Waals surface area contributed by atoms with E-state index in [4.69, 9.17) is 16.3 Å². The molecule has 3 amide bonds. The summed E-state index contributed by atoms with van der Waals surface area (Å²) in [6.07, 6.45) is -0.777. The van der Waals surface area contributed by atoms with E-state index in [1.165, 1.54) is 0 Å². The van der Waals surface area contributed by atoms with E-state index >= 15 is 0 Å². The van der Waals surface area contributed by atoms with Crippen LogP contribution in [-0.2, 0) is 4.79 Å². The Morgan fingerprint density at radius 1 is 1.17 bits per heavy atom. The minimum atomic E-state index is -0.777. The summed E-state index contributed by atoms with van der Waals surface area (Å²) in [5, 5.41) is 8.58. The molecule has 1 unspecified atom stereocenters. The molecular weight excluding hydrogens is 318 g/mol. The number of anilines is 2. The summed E-state index contributed by atoms with van der Waals surface area (Å²) in [6.45, 7) is 0.0551. The lowest BCUT2D eigenvalue weighted by Crippen LogP contribution is -2.46. The number of urea groups is 1. The first-order valence-corrected chi connectivity index (χ1v) is 7.36. The van der Waals surface area contributed by atoms with Gasteiger partial charge in [0, 0.05) is 10.7 Å². The minimum Gasteiger partial charge on any atom is -0.477 e. The zero-order valence-electron chi connectivity index (χ0n) is 12.0. The average Bonchev–Trinajstić information content (AvgIpc) is 2.55. The highest BCUT2D eigenvalue weighted by Crippen LogP contribution is 2.28. The molecule has 6 nitrogen and oxygen atoms in total. The van der Waals surface area contributed by atoms with Crippen LogP contribution in [0.1, 0.15) is 0 Å². The lowest BCUT2D eigenvalue weighted by atomic mass is 10.2. The molecule has 2 aromatic rings. The maximum atomic E-state index is 11.9. The van der Waals surface area contributed by atoms with Gasteiger partial charge in [-0.15, -0.1) is 0 Å². The van der Waals surface area contributed by atoms with Crippen LogP contribution in [0.25, 0.3) is 0 Å². The normalized spacial score (nSPS) is 15.9. The molecule has 118 valence electrons. The smallest absolute Gasteiger partial charge is 0.319 e. The van der Waals surface area contributed by atoms with E-state index in [2.05, 4.69) is 16.0 Å². The Kier molecular flexibility index (Phi) is 4.34. The average molecular weight is 332 g/mol. The molecule has 7 heteroatoms. The van der Waals surface area contributed by atoms with Gasteiger partial charge in [0.15, 0.2) is 6.10 Å². The number of carbonyl (C=O) groups excluding carboxylic acids is 2. The molecule has 0 saturated carbocycles. The molecule has 0 bridgehead atoms. The zero-order valence-corrected chi connectivity index (χ0v) is 12.8. The molecule has 1 aliphatic heterocycles. The van der Waals surface area contributed by atoms with Crippen molar-refractivity contribution < 1.29 is 14.3 Å². The summed E-state index contributed by atoms with van der Waals surface area (Å²) in [6, 6.07) is 13.4. The SMILES string of the molecule is O=C(NCC1Oc2ccccc2NC1=O)Nc1ccc(Cl)cc1. The third-order valence-corrected chi connectivity index (χ3v) is 3.51. The summed E-state index contributed by atoms with van der Waals surface area (Å²) in [4.78, 5) is 23.8. The largest absolute Gasteiger partial charge is 0.477 e. The molecule has 23 heavy (non-hydrogen) atoms. The second kappa shape index (κ2) is 6.58. The van der Waals surface area contributed by atoms with E-state index in [1.807, 2.05) is 6.07 Å². The number of amides is 3. The van der Waals surface area contributed by atoms with E-state index in [0.717, 1.165) is 0 Å². The summed E-state index contributed by atoms with van der Waals surface area (Å²) in [5.41, 5.74) is 1.23. The zero-order chi connectivity index (χ0) is 16.2. The summed E-state index contributed by atoms with van der Waals surface area (Å²) >= 11 is 5.78. The van der Waals surface area contributed by atoms with E-state index in [-0.39, 0.29) is 12.5 Å². The second-order valence-corrected chi connectivity index (χ2v) is 5.37.